The van der Waals surface area contributed by atoms with E-state index in [-0.39, 0.29) is 42.5 Å². The first-order valence-electron chi connectivity index (χ1n) is 12.6. The minimum absolute atomic E-state index is 0.0599. The molecule has 0 bridgehead atoms. The number of rotatable bonds is 9. The number of carbonyl (C=O) groups is 2. The molecule has 1 aliphatic rings. The Labute approximate surface area is 221 Å². The van der Waals surface area contributed by atoms with Gasteiger partial charge >= 0.3 is 12.1 Å². The molecular weight excluding hydrogens is 498 g/mol. The lowest BCUT2D eigenvalue weighted by atomic mass is 9.95. The summed E-state index contributed by atoms with van der Waals surface area (Å²) in [5.41, 5.74) is -1.30. The molecule has 0 aromatic heterocycles. The van der Waals surface area contributed by atoms with Crippen molar-refractivity contribution in [3.8, 4) is 0 Å². The first-order valence-corrected chi connectivity index (χ1v) is 14.0. The van der Waals surface area contributed by atoms with Crippen molar-refractivity contribution >= 4 is 22.2 Å². The van der Waals surface area contributed by atoms with Gasteiger partial charge in [0.15, 0.2) is 0 Å². The summed E-state index contributed by atoms with van der Waals surface area (Å²) in [6.45, 7) is 16.3. The summed E-state index contributed by atoms with van der Waals surface area (Å²) in [5.74, 6) is -0.758. The van der Waals surface area contributed by atoms with Crippen LogP contribution in [0.2, 0.25) is 0 Å². The number of hydrogen-bond donors (Lipinski definition) is 0. The van der Waals surface area contributed by atoms with Gasteiger partial charge in [0, 0.05) is 6.42 Å². The molecule has 1 saturated heterocycles. The molecule has 1 heterocycles. The Balaban J connectivity index is 2.21. The second-order valence-electron chi connectivity index (χ2n) is 12.0. The van der Waals surface area contributed by atoms with E-state index in [2.05, 4.69) is 0 Å². The molecule has 1 aromatic carbocycles. The summed E-state index contributed by atoms with van der Waals surface area (Å²) in [4.78, 5) is 27.0. The van der Waals surface area contributed by atoms with Crippen LogP contribution in [-0.2, 0) is 33.3 Å². The number of esters is 1. The number of amides is 1. The van der Waals surface area contributed by atoms with Gasteiger partial charge in [-0.25, -0.2) is 4.79 Å². The molecule has 1 amide bonds. The highest BCUT2D eigenvalue weighted by atomic mass is 32.2. The fourth-order valence-corrected chi connectivity index (χ4v) is 5.04. The van der Waals surface area contributed by atoms with Crippen LogP contribution >= 0.6 is 0 Å². The van der Waals surface area contributed by atoms with Crippen LogP contribution in [-0.4, -0.2) is 61.6 Å². The van der Waals surface area contributed by atoms with E-state index < -0.39 is 33.1 Å². The normalized spacial score (nSPS) is 18.9. The zero-order valence-electron chi connectivity index (χ0n) is 23.6. The van der Waals surface area contributed by atoms with Crippen LogP contribution in [0.15, 0.2) is 29.2 Å². The standard InChI is InChI=1S/C27H43NO8S/c1-19-10-13-22(14-11-19)37(31,32)34-17-20(12-15-23(29)35-25(2,3)4)16-21-18-33-27(8,9)28(21)24(30)36-26(5,6)7/h10-11,13-14,20-21H,12,15-18H2,1-9H3/t20-,21?/m1/s1. The largest absolute Gasteiger partial charge is 0.460 e. The highest BCUT2D eigenvalue weighted by Gasteiger charge is 2.46. The van der Waals surface area contributed by atoms with Crippen molar-refractivity contribution in [2.45, 2.75) is 109 Å². The first kappa shape index (κ1) is 31.1. The van der Waals surface area contributed by atoms with Crippen LogP contribution in [0.25, 0.3) is 0 Å². The fraction of sp³-hybridized carbons (Fsp3) is 0.704. The number of aryl methyl sites for hydroxylation is 1. The third-order valence-corrected chi connectivity index (χ3v) is 7.01. The molecule has 2 atom stereocenters. The van der Waals surface area contributed by atoms with Crippen LogP contribution in [0, 0.1) is 12.8 Å². The Bertz CT molecular complexity index is 1040. The maximum atomic E-state index is 13.0. The highest BCUT2D eigenvalue weighted by Crippen LogP contribution is 2.33. The molecule has 210 valence electrons. The maximum Gasteiger partial charge on any atom is 0.412 e. The molecule has 0 aliphatic carbocycles. The van der Waals surface area contributed by atoms with Crippen molar-refractivity contribution in [1.82, 2.24) is 4.90 Å². The molecule has 9 nitrogen and oxygen atoms in total. The molecule has 0 saturated carbocycles. The molecule has 0 spiro atoms. The monoisotopic (exact) mass is 541 g/mol. The molecule has 0 radical (unpaired) electrons. The van der Waals surface area contributed by atoms with Crippen molar-refractivity contribution in [2.75, 3.05) is 13.2 Å². The van der Waals surface area contributed by atoms with Crippen molar-refractivity contribution < 1.29 is 36.4 Å². The minimum Gasteiger partial charge on any atom is -0.460 e. The van der Waals surface area contributed by atoms with Crippen molar-refractivity contribution in [3.05, 3.63) is 29.8 Å². The molecule has 0 N–H and O–H groups in total. The lowest BCUT2D eigenvalue weighted by Crippen LogP contribution is -2.50. The predicted molar refractivity (Wildman–Crippen MR) is 139 cm³/mol. The quantitative estimate of drug-likeness (QED) is 0.310. The van der Waals surface area contributed by atoms with E-state index in [0.717, 1.165) is 5.56 Å². The van der Waals surface area contributed by atoms with E-state index in [1.807, 2.05) is 6.92 Å². The second kappa shape index (κ2) is 11.7. The maximum absolute atomic E-state index is 13.0. The van der Waals surface area contributed by atoms with Gasteiger partial charge in [0.1, 0.15) is 16.9 Å². The molecule has 1 unspecified atom stereocenters. The summed E-state index contributed by atoms with van der Waals surface area (Å²) in [5, 5.41) is 0. The SMILES string of the molecule is Cc1ccc(S(=O)(=O)OC[C@H](CCC(=O)OC(C)(C)C)CC2COC(C)(C)N2C(=O)OC(C)(C)C)cc1. The van der Waals surface area contributed by atoms with Crippen LogP contribution in [0.4, 0.5) is 4.79 Å². The van der Waals surface area contributed by atoms with Gasteiger partial charge in [-0.05, 0) is 93.2 Å². The molecule has 2 rings (SSSR count). The van der Waals surface area contributed by atoms with Crippen LogP contribution in [0.5, 0.6) is 0 Å². The Hall–Kier alpha value is -2.17. The predicted octanol–water partition coefficient (Wildman–Crippen LogP) is 5.20. The number of nitrogens with zero attached hydrogens (tertiary/aromatic N) is 1. The van der Waals surface area contributed by atoms with E-state index in [4.69, 9.17) is 18.4 Å². The Kier molecular flexibility index (Phi) is 9.82. The zero-order chi connectivity index (χ0) is 28.2. The van der Waals surface area contributed by atoms with Gasteiger partial charge in [0.2, 0.25) is 0 Å². The third kappa shape index (κ3) is 9.90. The first-order chi connectivity index (χ1) is 16.8. The average molecular weight is 542 g/mol. The van der Waals surface area contributed by atoms with Crippen molar-refractivity contribution in [3.63, 3.8) is 0 Å². The molecule has 37 heavy (non-hydrogen) atoms. The molecule has 1 aliphatic heterocycles. The summed E-state index contributed by atoms with van der Waals surface area (Å²) in [6, 6.07) is 6.01. The van der Waals surface area contributed by atoms with Gasteiger partial charge in [-0.2, -0.15) is 8.42 Å². The van der Waals surface area contributed by atoms with Crippen molar-refractivity contribution in [1.29, 1.82) is 0 Å². The summed E-state index contributed by atoms with van der Waals surface area (Å²) < 4.78 is 48.0. The number of benzene rings is 1. The van der Waals surface area contributed by atoms with Gasteiger partial charge < -0.3 is 14.2 Å². The fourth-order valence-electron chi connectivity index (χ4n) is 4.06. The third-order valence-electron chi connectivity index (χ3n) is 5.72. The average Bonchev–Trinajstić information content (AvgIpc) is 3.01. The highest BCUT2D eigenvalue weighted by molar-refractivity contribution is 7.86. The number of carbonyl (C=O) groups excluding carboxylic acids is 2. The van der Waals surface area contributed by atoms with Crippen LogP contribution < -0.4 is 0 Å². The molecular formula is C27H43NO8S. The lowest BCUT2D eigenvalue weighted by Gasteiger charge is -2.36. The van der Waals surface area contributed by atoms with E-state index in [9.17, 15) is 18.0 Å². The van der Waals surface area contributed by atoms with Gasteiger partial charge in [0.25, 0.3) is 10.1 Å². The Morgan fingerprint density at radius 1 is 1.05 bits per heavy atom. The molecule has 1 aromatic rings. The minimum atomic E-state index is -4.00. The van der Waals surface area contributed by atoms with E-state index in [0.29, 0.717) is 12.8 Å². The second-order valence-corrected chi connectivity index (χ2v) is 13.7. The number of ether oxygens (including phenoxy) is 3. The molecule has 1 fully saturated rings. The topological polar surface area (TPSA) is 108 Å². The van der Waals surface area contributed by atoms with Gasteiger partial charge in [-0.1, -0.05) is 17.7 Å². The smallest absolute Gasteiger partial charge is 0.412 e. The Morgan fingerprint density at radius 3 is 2.16 bits per heavy atom. The summed E-state index contributed by atoms with van der Waals surface area (Å²) >= 11 is 0. The van der Waals surface area contributed by atoms with Crippen molar-refractivity contribution in [2.24, 2.45) is 5.92 Å². The van der Waals surface area contributed by atoms with Crippen LogP contribution in [0.3, 0.4) is 0 Å². The number of hydrogen-bond acceptors (Lipinski definition) is 8. The lowest BCUT2D eigenvalue weighted by molar-refractivity contribution is -0.155. The van der Waals surface area contributed by atoms with E-state index in [1.165, 1.54) is 12.1 Å². The van der Waals surface area contributed by atoms with Gasteiger partial charge in [0.05, 0.1) is 24.2 Å². The zero-order valence-corrected chi connectivity index (χ0v) is 24.4. The summed E-state index contributed by atoms with van der Waals surface area (Å²) in [6.07, 6.45) is 0.241. The van der Waals surface area contributed by atoms with E-state index >= 15 is 0 Å². The van der Waals surface area contributed by atoms with E-state index in [1.54, 1.807) is 72.4 Å². The molecule has 10 heteroatoms. The Morgan fingerprint density at radius 2 is 1.62 bits per heavy atom. The van der Waals surface area contributed by atoms with Gasteiger partial charge in [-0.3, -0.25) is 13.9 Å². The van der Waals surface area contributed by atoms with Gasteiger partial charge in [-0.15, -0.1) is 0 Å². The van der Waals surface area contributed by atoms with Crippen LogP contribution in [0.1, 0.15) is 80.2 Å². The summed E-state index contributed by atoms with van der Waals surface area (Å²) in [7, 11) is -4.00.